The lowest BCUT2D eigenvalue weighted by Gasteiger charge is -2.33. The van der Waals surface area contributed by atoms with E-state index >= 15 is 0 Å². The molecule has 0 aromatic carbocycles. The molecule has 0 aliphatic rings. The molecule has 0 amide bonds. The summed E-state index contributed by atoms with van der Waals surface area (Å²) in [6.45, 7) is 8.52. The Bertz CT molecular complexity index is 135. The van der Waals surface area contributed by atoms with Crippen molar-refractivity contribution in [1.82, 2.24) is 10.2 Å². The summed E-state index contributed by atoms with van der Waals surface area (Å²) in [5.41, 5.74) is 0.176. The van der Waals surface area contributed by atoms with Crippen LogP contribution in [-0.2, 0) is 0 Å². The van der Waals surface area contributed by atoms with Crippen LogP contribution < -0.4 is 5.32 Å². The second-order valence-electron chi connectivity index (χ2n) is 4.63. The van der Waals surface area contributed by atoms with Crippen molar-refractivity contribution in [2.45, 2.75) is 26.3 Å². The van der Waals surface area contributed by atoms with Crippen molar-refractivity contribution in [1.29, 1.82) is 0 Å². The maximum Gasteiger partial charge on any atom is 0.0468 e. The molecule has 1 atom stereocenters. The first-order valence-electron chi connectivity index (χ1n) is 4.89. The van der Waals surface area contributed by atoms with Gasteiger partial charge in [-0.15, -0.1) is 0 Å². The minimum absolute atomic E-state index is 0.176. The van der Waals surface area contributed by atoms with Crippen LogP contribution in [0.3, 0.4) is 0 Å². The first kappa shape index (κ1) is 12.9. The second-order valence-corrected chi connectivity index (χ2v) is 4.63. The predicted molar refractivity (Wildman–Crippen MR) is 56.9 cm³/mol. The zero-order valence-corrected chi connectivity index (χ0v) is 9.59. The molecule has 13 heavy (non-hydrogen) atoms. The van der Waals surface area contributed by atoms with Crippen LogP contribution in [0.15, 0.2) is 0 Å². The number of likely N-dealkylation sites (N-methyl/N-ethyl adjacent to an activating group) is 1. The molecule has 0 radical (unpaired) electrons. The van der Waals surface area contributed by atoms with E-state index in [4.69, 9.17) is 5.11 Å². The maximum absolute atomic E-state index is 8.82. The van der Waals surface area contributed by atoms with Crippen LogP contribution in [0.1, 0.15) is 20.8 Å². The molecule has 0 aromatic heterocycles. The van der Waals surface area contributed by atoms with Crippen molar-refractivity contribution < 1.29 is 5.11 Å². The summed E-state index contributed by atoms with van der Waals surface area (Å²) in [6.07, 6.45) is 0. The molecule has 0 saturated carbocycles. The molecule has 0 spiro atoms. The Morgan fingerprint density at radius 1 is 1.38 bits per heavy atom. The number of hydrogen-bond donors (Lipinski definition) is 2. The standard InChI is InChI=1S/C10H24N2O/c1-9(7-13)6-11-8-10(2,3)12(4)5/h9,11,13H,6-8H2,1-5H3. The molecule has 3 heteroatoms. The lowest BCUT2D eigenvalue weighted by atomic mass is 10.0. The minimum atomic E-state index is 0.176. The van der Waals surface area contributed by atoms with Crippen LogP contribution in [0.25, 0.3) is 0 Å². The van der Waals surface area contributed by atoms with Crippen molar-refractivity contribution in [3.8, 4) is 0 Å². The van der Waals surface area contributed by atoms with Crippen molar-refractivity contribution >= 4 is 0 Å². The fourth-order valence-electron chi connectivity index (χ4n) is 0.847. The summed E-state index contributed by atoms with van der Waals surface area (Å²) in [4.78, 5) is 2.20. The summed E-state index contributed by atoms with van der Waals surface area (Å²) < 4.78 is 0. The highest BCUT2D eigenvalue weighted by atomic mass is 16.3. The number of hydrogen-bond acceptors (Lipinski definition) is 3. The van der Waals surface area contributed by atoms with Gasteiger partial charge in [-0.2, -0.15) is 0 Å². The third kappa shape index (κ3) is 5.24. The third-order valence-electron chi connectivity index (χ3n) is 2.57. The smallest absolute Gasteiger partial charge is 0.0468 e. The van der Waals surface area contributed by atoms with Crippen LogP contribution in [0, 0.1) is 5.92 Å². The van der Waals surface area contributed by atoms with E-state index in [0.717, 1.165) is 13.1 Å². The molecule has 0 aliphatic carbocycles. The zero-order valence-electron chi connectivity index (χ0n) is 9.59. The highest BCUT2D eigenvalue weighted by molar-refractivity contribution is 4.79. The van der Waals surface area contributed by atoms with E-state index in [1.807, 2.05) is 6.92 Å². The van der Waals surface area contributed by atoms with Crippen LogP contribution in [-0.4, -0.2) is 49.3 Å². The van der Waals surface area contributed by atoms with Crippen LogP contribution >= 0.6 is 0 Å². The van der Waals surface area contributed by atoms with Gasteiger partial charge in [-0.3, -0.25) is 0 Å². The molecule has 0 rings (SSSR count). The second kappa shape index (κ2) is 5.58. The summed E-state index contributed by atoms with van der Waals surface area (Å²) >= 11 is 0. The van der Waals surface area contributed by atoms with Gasteiger partial charge < -0.3 is 15.3 Å². The van der Waals surface area contributed by atoms with E-state index in [1.165, 1.54) is 0 Å². The van der Waals surface area contributed by atoms with Gasteiger partial charge in [-0.1, -0.05) is 6.92 Å². The molecule has 1 unspecified atom stereocenters. The van der Waals surface area contributed by atoms with E-state index in [9.17, 15) is 0 Å². The van der Waals surface area contributed by atoms with Crippen molar-refractivity contribution in [3.05, 3.63) is 0 Å². The lowest BCUT2D eigenvalue weighted by molar-refractivity contribution is 0.180. The number of nitrogens with one attached hydrogen (secondary N) is 1. The molecule has 0 saturated heterocycles. The Balaban J connectivity index is 3.63. The molecular weight excluding hydrogens is 164 g/mol. The van der Waals surface area contributed by atoms with Crippen molar-refractivity contribution in [2.75, 3.05) is 33.8 Å². The normalized spacial score (nSPS) is 15.0. The van der Waals surface area contributed by atoms with Gasteiger partial charge in [0.05, 0.1) is 0 Å². The Labute approximate surface area is 82.1 Å². The Hall–Kier alpha value is -0.120. The highest BCUT2D eigenvalue weighted by Gasteiger charge is 2.19. The average Bonchev–Trinajstić information content (AvgIpc) is 2.03. The third-order valence-corrected chi connectivity index (χ3v) is 2.57. The first-order valence-corrected chi connectivity index (χ1v) is 4.89. The molecule has 0 bridgehead atoms. The van der Waals surface area contributed by atoms with Gasteiger partial charge in [0.2, 0.25) is 0 Å². The molecule has 3 nitrogen and oxygen atoms in total. The lowest BCUT2D eigenvalue weighted by Crippen LogP contribution is -2.47. The fraction of sp³-hybridized carbons (Fsp3) is 1.00. The Morgan fingerprint density at radius 2 is 1.92 bits per heavy atom. The summed E-state index contributed by atoms with van der Waals surface area (Å²) in [5, 5.41) is 12.2. The molecule has 0 heterocycles. The zero-order chi connectivity index (χ0) is 10.5. The van der Waals surface area contributed by atoms with Gasteiger partial charge in [0.25, 0.3) is 0 Å². The number of nitrogens with zero attached hydrogens (tertiary/aromatic N) is 1. The van der Waals surface area contributed by atoms with E-state index < -0.39 is 0 Å². The van der Waals surface area contributed by atoms with Gasteiger partial charge in [0.15, 0.2) is 0 Å². The highest BCUT2D eigenvalue weighted by Crippen LogP contribution is 2.07. The van der Waals surface area contributed by atoms with Crippen molar-refractivity contribution in [3.63, 3.8) is 0 Å². The van der Waals surface area contributed by atoms with Crippen molar-refractivity contribution in [2.24, 2.45) is 5.92 Å². The molecular formula is C10H24N2O. The van der Waals surface area contributed by atoms with Gasteiger partial charge in [0, 0.05) is 18.7 Å². The molecule has 0 fully saturated rings. The summed E-state index contributed by atoms with van der Waals surface area (Å²) in [7, 11) is 4.16. The SMILES string of the molecule is CC(CO)CNCC(C)(C)N(C)C. The minimum Gasteiger partial charge on any atom is -0.396 e. The molecule has 80 valence electrons. The number of aliphatic hydroxyl groups excluding tert-OH is 1. The fourth-order valence-corrected chi connectivity index (χ4v) is 0.847. The van der Waals surface area contributed by atoms with Gasteiger partial charge in [0.1, 0.15) is 0 Å². The topological polar surface area (TPSA) is 35.5 Å². The average molecular weight is 188 g/mol. The van der Waals surface area contributed by atoms with E-state index in [0.29, 0.717) is 5.92 Å². The molecule has 0 aliphatic heterocycles. The predicted octanol–water partition coefficient (Wildman–Crippen LogP) is 0.545. The van der Waals surface area contributed by atoms with Gasteiger partial charge in [-0.25, -0.2) is 0 Å². The maximum atomic E-state index is 8.82. The van der Waals surface area contributed by atoms with Gasteiger partial charge in [-0.05, 0) is 40.4 Å². The Morgan fingerprint density at radius 3 is 2.31 bits per heavy atom. The van der Waals surface area contributed by atoms with E-state index in [1.54, 1.807) is 0 Å². The van der Waals surface area contributed by atoms with Crippen LogP contribution in [0.5, 0.6) is 0 Å². The summed E-state index contributed by atoms with van der Waals surface area (Å²) in [5.74, 6) is 0.345. The quantitative estimate of drug-likeness (QED) is 0.639. The van der Waals surface area contributed by atoms with E-state index in [-0.39, 0.29) is 12.1 Å². The van der Waals surface area contributed by atoms with Crippen LogP contribution in [0.2, 0.25) is 0 Å². The summed E-state index contributed by atoms with van der Waals surface area (Å²) in [6, 6.07) is 0. The number of aliphatic hydroxyl groups is 1. The van der Waals surface area contributed by atoms with Crippen LogP contribution in [0.4, 0.5) is 0 Å². The van der Waals surface area contributed by atoms with Gasteiger partial charge >= 0.3 is 0 Å². The Kier molecular flexibility index (Phi) is 5.53. The first-order chi connectivity index (χ1) is 5.90. The van der Waals surface area contributed by atoms with E-state index in [2.05, 4.69) is 38.2 Å². The number of rotatable bonds is 6. The largest absolute Gasteiger partial charge is 0.396 e. The molecule has 2 N–H and O–H groups in total. The molecule has 0 aromatic rings. The monoisotopic (exact) mass is 188 g/mol.